The Kier molecular flexibility index (Phi) is 4.61. The highest BCUT2D eigenvalue weighted by Gasteiger charge is 2.09. The molecule has 1 aromatic heterocycles. The molecular formula is C14H18BrN3O. The van der Waals surface area contributed by atoms with E-state index in [1.54, 1.807) is 4.68 Å². The van der Waals surface area contributed by atoms with Gasteiger partial charge in [0, 0.05) is 35.7 Å². The molecule has 4 nitrogen and oxygen atoms in total. The monoisotopic (exact) mass is 323 g/mol. The van der Waals surface area contributed by atoms with E-state index in [-0.39, 0.29) is 6.04 Å². The van der Waals surface area contributed by atoms with Gasteiger partial charge in [0.25, 0.3) is 0 Å². The van der Waals surface area contributed by atoms with Gasteiger partial charge in [-0.3, -0.25) is 4.68 Å². The van der Waals surface area contributed by atoms with Crippen LogP contribution in [-0.2, 0) is 13.5 Å². The summed E-state index contributed by atoms with van der Waals surface area (Å²) in [5, 5.41) is 4.13. The second-order valence-electron chi connectivity index (χ2n) is 4.59. The first-order valence-electron chi connectivity index (χ1n) is 6.21. The standard InChI is InChI=1S/C14H18BrN3O/c1-10(16)13-7-12(15)3-4-14(13)19-6-5-11-8-17-18(2)9-11/h3-4,7-10H,5-6,16H2,1-2H3/t10-/m1/s1. The largest absolute Gasteiger partial charge is 0.493 e. The first-order valence-corrected chi connectivity index (χ1v) is 7.01. The number of halogens is 1. The zero-order valence-electron chi connectivity index (χ0n) is 11.1. The number of rotatable bonds is 5. The number of benzene rings is 1. The lowest BCUT2D eigenvalue weighted by atomic mass is 10.1. The molecule has 5 heteroatoms. The highest BCUT2D eigenvalue weighted by atomic mass is 79.9. The SMILES string of the molecule is C[C@@H](N)c1cc(Br)ccc1OCCc1cnn(C)c1. The van der Waals surface area contributed by atoms with Gasteiger partial charge >= 0.3 is 0 Å². The lowest BCUT2D eigenvalue weighted by Gasteiger charge is -2.14. The van der Waals surface area contributed by atoms with Crippen molar-refractivity contribution in [2.75, 3.05) is 6.61 Å². The molecule has 0 bridgehead atoms. The Morgan fingerprint density at radius 1 is 1.47 bits per heavy atom. The second kappa shape index (κ2) is 6.21. The van der Waals surface area contributed by atoms with Crippen LogP contribution in [0.15, 0.2) is 35.1 Å². The second-order valence-corrected chi connectivity index (χ2v) is 5.51. The molecule has 2 N–H and O–H groups in total. The number of aromatic nitrogens is 2. The van der Waals surface area contributed by atoms with Crippen LogP contribution in [0.5, 0.6) is 5.75 Å². The molecule has 0 saturated heterocycles. The Morgan fingerprint density at radius 3 is 2.89 bits per heavy atom. The fourth-order valence-corrected chi connectivity index (χ4v) is 2.27. The van der Waals surface area contributed by atoms with Gasteiger partial charge in [-0.2, -0.15) is 5.10 Å². The highest BCUT2D eigenvalue weighted by molar-refractivity contribution is 9.10. The fourth-order valence-electron chi connectivity index (χ4n) is 1.89. The summed E-state index contributed by atoms with van der Waals surface area (Å²) in [6, 6.07) is 5.87. The Bertz CT molecular complexity index is 551. The van der Waals surface area contributed by atoms with Crippen LogP contribution in [0.4, 0.5) is 0 Å². The summed E-state index contributed by atoms with van der Waals surface area (Å²) in [7, 11) is 1.91. The van der Waals surface area contributed by atoms with Gasteiger partial charge in [-0.05, 0) is 30.7 Å². The van der Waals surface area contributed by atoms with E-state index in [0.29, 0.717) is 6.61 Å². The van der Waals surface area contributed by atoms with E-state index in [4.69, 9.17) is 10.5 Å². The molecule has 2 rings (SSSR count). The van der Waals surface area contributed by atoms with Gasteiger partial charge in [0.1, 0.15) is 5.75 Å². The molecule has 0 unspecified atom stereocenters. The quantitative estimate of drug-likeness (QED) is 0.920. The van der Waals surface area contributed by atoms with Gasteiger partial charge in [-0.15, -0.1) is 0 Å². The van der Waals surface area contributed by atoms with Crippen LogP contribution in [0.2, 0.25) is 0 Å². The number of ether oxygens (including phenoxy) is 1. The maximum Gasteiger partial charge on any atom is 0.124 e. The molecule has 0 aliphatic heterocycles. The predicted octanol–water partition coefficient (Wildman–Crippen LogP) is 2.82. The van der Waals surface area contributed by atoms with E-state index in [1.807, 2.05) is 44.6 Å². The van der Waals surface area contributed by atoms with Crippen molar-refractivity contribution in [3.05, 3.63) is 46.2 Å². The molecule has 1 aromatic carbocycles. The summed E-state index contributed by atoms with van der Waals surface area (Å²) >= 11 is 3.45. The average Bonchev–Trinajstić information content (AvgIpc) is 2.77. The van der Waals surface area contributed by atoms with Crippen LogP contribution in [0.25, 0.3) is 0 Å². The van der Waals surface area contributed by atoms with Gasteiger partial charge in [-0.25, -0.2) is 0 Å². The van der Waals surface area contributed by atoms with E-state index in [9.17, 15) is 0 Å². The third-order valence-electron chi connectivity index (χ3n) is 2.87. The summed E-state index contributed by atoms with van der Waals surface area (Å²) in [6.45, 7) is 2.57. The zero-order valence-corrected chi connectivity index (χ0v) is 12.7. The molecular weight excluding hydrogens is 306 g/mol. The topological polar surface area (TPSA) is 53.1 Å². The van der Waals surface area contributed by atoms with Gasteiger partial charge < -0.3 is 10.5 Å². The minimum Gasteiger partial charge on any atom is -0.493 e. The molecule has 0 aliphatic carbocycles. The van der Waals surface area contributed by atoms with Crippen molar-refractivity contribution in [3.8, 4) is 5.75 Å². The van der Waals surface area contributed by atoms with Gasteiger partial charge in [-0.1, -0.05) is 15.9 Å². The van der Waals surface area contributed by atoms with Gasteiger partial charge in [0.2, 0.25) is 0 Å². The van der Waals surface area contributed by atoms with E-state index < -0.39 is 0 Å². The van der Waals surface area contributed by atoms with Crippen LogP contribution in [-0.4, -0.2) is 16.4 Å². The molecule has 102 valence electrons. The normalized spacial score (nSPS) is 12.4. The Morgan fingerprint density at radius 2 is 2.26 bits per heavy atom. The summed E-state index contributed by atoms with van der Waals surface area (Å²) in [5.41, 5.74) is 8.14. The van der Waals surface area contributed by atoms with E-state index in [1.165, 1.54) is 5.56 Å². The van der Waals surface area contributed by atoms with Crippen molar-refractivity contribution >= 4 is 15.9 Å². The molecule has 2 aromatic rings. The lowest BCUT2D eigenvalue weighted by Crippen LogP contribution is -2.09. The Hall–Kier alpha value is -1.33. The molecule has 0 spiro atoms. The van der Waals surface area contributed by atoms with Gasteiger partial charge in [0.05, 0.1) is 12.8 Å². The molecule has 0 radical (unpaired) electrons. The van der Waals surface area contributed by atoms with Crippen molar-refractivity contribution in [1.82, 2.24) is 9.78 Å². The van der Waals surface area contributed by atoms with Crippen molar-refractivity contribution in [2.45, 2.75) is 19.4 Å². The molecule has 1 atom stereocenters. The maximum absolute atomic E-state index is 5.96. The number of aryl methyl sites for hydroxylation is 1. The number of hydrogen-bond donors (Lipinski definition) is 1. The Balaban J connectivity index is 1.99. The van der Waals surface area contributed by atoms with Crippen LogP contribution < -0.4 is 10.5 Å². The maximum atomic E-state index is 5.96. The van der Waals surface area contributed by atoms with Crippen molar-refractivity contribution < 1.29 is 4.74 Å². The minimum absolute atomic E-state index is 0.0501. The lowest BCUT2D eigenvalue weighted by molar-refractivity contribution is 0.317. The first kappa shape index (κ1) is 14.1. The molecule has 0 amide bonds. The summed E-state index contributed by atoms with van der Waals surface area (Å²) in [6.07, 6.45) is 4.69. The third-order valence-corrected chi connectivity index (χ3v) is 3.36. The van der Waals surface area contributed by atoms with Crippen molar-refractivity contribution in [3.63, 3.8) is 0 Å². The highest BCUT2D eigenvalue weighted by Crippen LogP contribution is 2.27. The van der Waals surface area contributed by atoms with Crippen LogP contribution in [0.3, 0.4) is 0 Å². The summed E-state index contributed by atoms with van der Waals surface area (Å²) in [5.74, 6) is 0.849. The molecule has 1 heterocycles. The minimum atomic E-state index is -0.0501. The molecule has 0 aliphatic rings. The van der Waals surface area contributed by atoms with E-state index in [2.05, 4.69) is 21.0 Å². The van der Waals surface area contributed by atoms with E-state index in [0.717, 1.165) is 22.2 Å². The van der Waals surface area contributed by atoms with Gasteiger partial charge in [0.15, 0.2) is 0 Å². The number of nitrogens with zero attached hydrogens (tertiary/aromatic N) is 2. The van der Waals surface area contributed by atoms with Crippen molar-refractivity contribution in [1.29, 1.82) is 0 Å². The summed E-state index contributed by atoms with van der Waals surface area (Å²) in [4.78, 5) is 0. The molecule has 0 saturated carbocycles. The molecule has 19 heavy (non-hydrogen) atoms. The number of nitrogens with two attached hydrogens (primary N) is 1. The Labute approximate surface area is 121 Å². The molecule has 0 fully saturated rings. The van der Waals surface area contributed by atoms with Crippen LogP contribution in [0, 0.1) is 0 Å². The smallest absolute Gasteiger partial charge is 0.124 e. The fraction of sp³-hybridized carbons (Fsp3) is 0.357. The number of hydrogen-bond acceptors (Lipinski definition) is 3. The zero-order chi connectivity index (χ0) is 13.8. The van der Waals surface area contributed by atoms with E-state index >= 15 is 0 Å². The third kappa shape index (κ3) is 3.81. The van der Waals surface area contributed by atoms with Crippen LogP contribution >= 0.6 is 15.9 Å². The predicted molar refractivity (Wildman–Crippen MR) is 79.2 cm³/mol. The average molecular weight is 324 g/mol. The van der Waals surface area contributed by atoms with Crippen LogP contribution in [0.1, 0.15) is 24.1 Å². The summed E-state index contributed by atoms with van der Waals surface area (Å²) < 4.78 is 8.64. The van der Waals surface area contributed by atoms with Crippen molar-refractivity contribution in [2.24, 2.45) is 12.8 Å². The first-order chi connectivity index (χ1) is 9.06.